The first-order valence-corrected chi connectivity index (χ1v) is 9.78. The number of fused-ring (bicyclic) bond motifs is 3. The highest BCUT2D eigenvalue weighted by atomic mass is 32.2. The molecule has 130 valence electrons. The molecule has 0 spiro atoms. The SMILES string of the molecule is O=C(NCCSCc1ccccc1)c1cc2c(ccc3ccccc32)o1. The van der Waals surface area contributed by atoms with Gasteiger partial charge in [0.05, 0.1) is 0 Å². The number of hydrogen-bond donors (Lipinski definition) is 1. The Balaban J connectivity index is 1.36. The maximum absolute atomic E-state index is 12.4. The highest BCUT2D eigenvalue weighted by Gasteiger charge is 2.13. The number of carbonyl (C=O) groups excluding carboxylic acids is 1. The fourth-order valence-electron chi connectivity index (χ4n) is 2.99. The molecular weight excluding hydrogens is 342 g/mol. The number of furan rings is 1. The van der Waals surface area contributed by atoms with Gasteiger partial charge in [0, 0.05) is 23.4 Å². The predicted molar refractivity (Wildman–Crippen MR) is 109 cm³/mol. The van der Waals surface area contributed by atoms with E-state index in [2.05, 4.69) is 29.6 Å². The van der Waals surface area contributed by atoms with Crippen LogP contribution in [-0.2, 0) is 5.75 Å². The van der Waals surface area contributed by atoms with Gasteiger partial charge in [0.15, 0.2) is 5.76 Å². The highest BCUT2D eigenvalue weighted by Crippen LogP contribution is 2.28. The Labute approximate surface area is 156 Å². The van der Waals surface area contributed by atoms with Gasteiger partial charge in [0.1, 0.15) is 5.58 Å². The van der Waals surface area contributed by atoms with Gasteiger partial charge in [-0.15, -0.1) is 0 Å². The van der Waals surface area contributed by atoms with Crippen LogP contribution in [0.1, 0.15) is 16.1 Å². The molecule has 0 radical (unpaired) electrons. The normalized spacial score (nSPS) is 11.1. The summed E-state index contributed by atoms with van der Waals surface area (Å²) in [6, 6.07) is 24.2. The molecule has 26 heavy (non-hydrogen) atoms. The second-order valence-electron chi connectivity index (χ2n) is 6.10. The monoisotopic (exact) mass is 361 g/mol. The van der Waals surface area contributed by atoms with Crippen LogP contribution in [0.3, 0.4) is 0 Å². The lowest BCUT2D eigenvalue weighted by atomic mass is 10.1. The van der Waals surface area contributed by atoms with Gasteiger partial charge in [-0.25, -0.2) is 0 Å². The summed E-state index contributed by atoms with van der Waals surface area (Å²) in [4.78, 5) is 12.4. The number of benzene rings is 3. The molecule has 3 aromatic carbocycles. The summed E-state index contributed by atoms with van der Waals surface area (Å²) < 4.78 is 5.75. The van der Waals surface area contributed by atoms with Crippen molar-refractivity contribution in [2.45, 2.75) is 5.75 Å². The summed E-state index contributed by atoms with van der Waals surface area (Å²) in [6.45, 7) is 0.619. The molecule has 4 aromatic rings. The van der Waals surface area contributed by atoms with Crippen molar-refractivity contribution in [3.8, 4) is 0 Å². The zero-order valence-electron chi connectivity index (χ0n) is 14.3. The number of hydrogen-bond acceptors (Lipinski definition) is 3. The third-order valence-corrected chi connectivity index (χ3v) is 5.32. The average molecular weight is 361 g/mol. The van der Waals surface area contributed by atoms with Crippen molar-refractivity contribution in [3.05, 3.63) is 84.1 Å². The second kappa shape index (κ2) is 7.67. The molecule has 0 bridgehead atoms. The smallest absolute Gasteiger partial charge is 0.287 e. The molecule has 0 aliphatic heterocycles. The van der Waals surface area contributed by atoms with Crippen molar-refractivity contribution in [3.63, 3.8) is 0 Å². The first-order chi connectivity index (χ1) is 12.8. The summed E-state index contributed by atoms with van der Waals surface area (Å²) in [7, 11) is 0. The Hall–Kier alpha value is -2.72. The lowest BCUT2D eigenvalue weighted by Gasteiger charge is -2.03. The summed E-state index contributed by atoms with van der Waals surface area (Å²) in [5.41, 5.74) is 2.04. The Morgan fingerprint density at radius 1 is 0.923 bits per heavy atom. The van der Waals surface area contributed by atoms with E-state index >= 15 is 0 Å². The van der Waals surface area contributed by atoms with Crippen molar-refractivity contribution in [2.75, 3.05) is 12.3 Å². The molecule has 1 N–H and O–H groups in total. The Kier molecular flexibility index (Phi) is 4.93. The van der Waals surface area contributed by atoms with E-state index in [9.17, 15) is 4.79 Å². The van der Waals surface area contributed by atoms with Gasteiger partial charge in [-0.3, -0.25) is 4.79 Å². The molecule has 0 saturated carbocycles. The van der Waals surface area contributed by atoms with Crippen LogP contribution in [0.2, 0.25) is 0 Å². The first kappa shape index (κ1) is 16.7. The van der Waals surface area contributed by atoms with Crippen LogP contribution in [0.5, 0.6) is 0 Å². The molecule has 1 heterocycles. The van der Waals surface area contributed by atoms with E-state index in [0.717, 1.165) is 33.2 Å². The minimum atomic E-state index is -0.161. The van der Waals surface area contributed by atoms with Gasteiger partial charge in [-0.1, -0.05) is 60.7 Å². The standard InChI is InChI=1S/C22H19NO2S/c24-22(23-12-13-26-15-16-6-2-1-3-7-16)21-14-19-18-9-5-4-8-17(18)10-11-20(19)25-21/h1-11,14H,12-13,15H2,(H,23,24). The lowest BCUT2D eigenvalue weighted by molar-refractivity contribution is 0.0930. The quantitative estimate of drug-likeness (QED) is 0.477. The second-order valence-corrected chi connectivity index (χ2v) is 7.21. The van der Waals surface area contributed by atoms with Gasteiger partial charge < -0.3 is 9.73 Å². The molecule has 0 fully saturated rings. The number of rotatable bonds is 6. The number of thioether (sulfide) groups is 1. The van der Waals surface area contributed by atoms with Crippen LogP contribution in [0.4, 0.5) is 0 Å². The molecule has 1 aromatic heterocycles. The maximum Gasteiger partial charge on any atom is 0.287 e. The molecular formula is C22H19NO2S. The van der Waals surface area contributed by atoms with Crippen LogP contribution < -0.4 is 5.32 Å². The van der Waals surface area contributed by atoms with E-state index < -0.39 is 0 Å². The maximum atomic E-state index is 12.4. The lowest BCUT2D eigenvalue weighted by Crippen LogP contribution is -2.25. The molecule has 0 atom stereocenters. The molecule has 0 saturated heterocycles. The van der Waals surface area contributed by atoms with Crippen molar-refractivity contribution in [2.24, 2.45) is 0 Å². The molecule has 0 aliphatic carbocycles. The Morgan fingerprint density at radius 3 is 2.62 bits per heavy atom. The molecule has 0 aliphatic rings. The first-order valence-electron chi connectivity index (χ1n) is 8.62. The highest BCUT2D eigenvalue weighted by molar-refractivity contribution is 7.98. The Morgan fingerprint density at radius 2 is 1.73 bits per heavy atom. The molecule has 4 heteroatoms. The van der Waals surface area contributed by atoms with Crippen LogP contribution in [0.15, 0.2) is 77.2 Å². The summed E-state index contributed by atoms with van der Waals surface area (Å²) in [6.07, 6.45) is 0. The topological polar surface area (TPSA) is 42.2 Å². The van der Waals surface area contributed by atoms with Gasteiger partial charge in [-0.05, 0) is 28.5 Å². The minimum Gasteiger partial charge on any atom is -0.451 e. The van der Waals surface area contributed by atoms with Crippen LogP contribution in [0.25, 0.3) is 21.7 Å². The predicted octanol–water partition coefficient (Wildman–Crippen LogP) is 5.25. The largest absolute Gasteiger partial charge is 0.451 e. The van der Waals surface area contributed by atoms with Crippen molar-refractivity contribution in [1.29, 1.82) is 0 Å². The summed E-state index contributed by atoms with van der Waals surface area (Å²) in [5, 5.41) is 6.17. The fourth-order valence-corrected chi connectivity index (χ4v) is 3.81. The fraction of sp³-hybridized carbons (Fsp3) is 0.136. The van der Waals surface area contributed by atoms with Crippen molar-refractivity contribution in [1.82, 2.24) is 5.32 Å². The van der Waals surface area contributed by atoms with Gasteiger partial charge >= 0.3 is 0 Å². The Bertz CT molecular complexity index is 1040. The van der Waals surface area contributed by atoms with Gasteiger partial charge in [0.2, 0.25) is 0 Å². The summed E-state index contributed by atoms with van der Waals surface area (Å²) in [5.74, 6) is 2.02. The van der Waals surface area contributed by atoms with Crippen LogP contribution in [0, 0.1) is 0 Å². The van der Waals surface area contributed by atoms with E-state index in [1.165, 1.54) is 5.56 Å². The van der Waals surface area contributed by atoms with Gasteiger partial charge in [-0.2, -0.15) is 11.8 Å². The van der Waals surface area contributed by atoms with E-state index in [0.29, 0.717) is 12.3 Å². The number of carbonyl (C=O) groups is 1. The van der Waals surface area contributed by atoms with E-state index in [4.69, 9.17) is 4.42 Å². The molecule has 3 nitrogen and oxygen atoms in total. The number of amides is 1. The molecule has 4 rings (SSSR count). The van der Waals surface area contributed by atoms with Crippen molar-refractivity contribution < 1.29 is 9.21 Å². The zero-order chi connectivity index (χ0) is 17.8. The van der Waals surface area contributed by atoms with E-state index in [-0.39, 0.29) is 5.91 Å². The van der Waals surface area contributed by atoms with Crippen molar-refractivity contribution >= 4 is 39.4 Å². The molecule has 1 amide bonds. The number of nitrogens with one attached hydrogen (secondary N) is 1. The minimum absolute atomic E-state index is 0.161. The van der Waals surface area contributed by atoms with E-state index in [1.54, 1.807) is 11.8 Å². The zero-order valence-corrected chi connectivity index (χ0v) is 15.1. The van der Waals surface area contributed by atoms with Gasteiger partial charge in [0.25, 0.3) is 5.91 Å². The summed E-state index contributed by atoms with van der Waals surface area (Å²) >= 11 is 1.81. The third-order valence-electron chi connectivity index (χ3n) is 4.29. The third kappa shape index (κ3) is 3.60. The van der Waals surface area contributed by atoms with Crippen LogP contribution in [-0.4, -0.2) is 18.2 Å². The van der Waals surface area contributed by atoms with Crippen LogP contribution >= 0.6 is 11.8 Å². The molecule has 0 unspecified atom stereocenters. The van der Waals surface area contributed by atoms with E-state index in [1.807, 2.05) is 48.5 Å². The average Bonchev–Trinajstić information content (AvgIpc) is 3.13.